The minimum absolute atomic E-state index is 0.0282. The first kappa shape index (κ1) is 13.0. The number of carboxylic acid groups (broad SMARTS) is 1. The Kier molecular flexibility index (Phi) is 3.75. The Bertz CT molecular complexity index is 597. The number of carbonyl (C=O) groups is 1. The van der Waals surface area contributed by atoms with Gasteiger partial charge in [0.2, 0.25) is 0 Å². The van der Waals surface area contributed by atoms with Crippen LogP contribution in [0, 0.1) is 0 Å². The number of aromatic carboxylic acids is 1. The van der Waals surface area contributed by atoms with Gasteiger partial charge in [-0.25, -0.2) is 14.8 Å². The molecule has 0 radical (unpaired) electrons. The van der Waals surface area contributed by atoms with Gasteiger partial charge < -0.3 is 10.4 Å². The number of rotatable bonds is 4. The van der Waals surface area contributed by atoms with Crippen molar-refractivity contribution in [2.24, 2.45) is 0 Å². The lowest BCUT2D eigenvalue weighted by Gasteiger charge is -2.13. The molecule has 19 heavy (non-hydrogen) atoms. The molecule has 2 N–H and O–H groups in total. The standard InChI is InChI=1S/C14H15N3O2/c1-9(2)10-5-3-4-6-11(10)17-13-7-12(14(18)19)15-8-16-13/h3-9H,1-2H3,(H,18,19)(H,15,16,17). The van der Waals surface area contributed by atoms with Gasteiger partial charge in [0.05, 0.1) is 0 Å². The second kappa shape index (κ2) is 5.48. The van der Waals surface area contributed by atoms with Gasteiger partial charge >= 0.3 is 5.97 Å². The summed E-state index contributed by atoms with van der Waals surface area (Å²) in [4.78, 5) is 18.6. The van der Waals surface area contributed by atoms with E-state index in [0.717, 1.165) is 11.3 Å². The molecule has 0 aliphatic heterocycles. The second-order valence-electron chi connectivity index (χ2n) is 4.46. The largest absolute Gasteiger partial charge is 0.477 e. The molecule has 2 aromatic rings. The van der Waals surface area contributed by atoms with Crippen molar-refractivity contribution in [3.63, 3.8) is 0 Å². The third kappa shape index (κ3) is 3.07. The predicted molar refractivity (Wildman–Crippen MR) is 72.8 cm³/mol. The molecule has 1 aromatic heterocycles. The van der Waals surface area contributed by atoms with Crippen LogP contribution in [0.25, 0.3) is 0 Å². The molecule has 0 fully saturated rings. The van der Waals surface area contributed by atoms with E-state index >= 15 is 0 Å². The summed E-state index contributed by atoms with van der Waals surface area (Å²) in [5.74, 6) is -0.229. The SMILES string of the molecule is CC(C)c1ccccc1Nc1cc(C(=O)O)ncn1. The van der Waals surface area contributed by atoms with Crippen LogP contribution in [0.2, 0.25) is 0 Å². The zero-order valence-electron chi connectivity index (χ0n) is 10.8. The van der Waals surface area contributed by atoms with Gasteiger partial charge in [0.1, 0.15) is 12.1 Å². The lowest BCUT2D eigenvalue weighted by molar-refractivity contribution is 0.0690. The molecule has 0 saturated carbocycles. The van der Waals surface area contributed by atoms with E-state index in [2.05, 4.69) is 29.1 Å². The summed E-state index contributed by atoms with van der Waals surface area (Å²) in [6.07, 6.45) is 1.24. The molecule has 1 heterocycles. The summed E-state index contributed by atoms with van der Waals surface area (Å²) in [6, 6.07) is 9.29. The van der Waals surface area contributed by atoms with Gasteiger partial charge in [-0.05, 0) is 17.5 Å². The minimum atomic E-state index is -1.07. The molecule has 5 heteroatoms. The van der Waals surface area contributed by atoms with E-state index < -0.39 is 5.97 Å². The molecule has 0 amide bonds. The van der Waals surface area contributed by atoms with Crippen LogP contribution in [0.4, 0.5) is 11.5 Å². The number of hydrogen-bond acceptors (Lipinski definition) is 4. The maximum atomic E-state index is 10.9. The average molecular weight is 257 g/mol. The molecule has 2 rings (SSSR count). The van der Waals surface area contributed by atoms with Crippen molar-refractivity contribution in [2.75, 3.05) is 5.32 Å². The van der Waals surface area contributed by atoms with E-state index in [9.17, 15) is 4.79 Å². The van der Waals surface area contributed by atoms with Crippen molar-refractivity contribution in [1.29, 1.82) is 0 Å². The monoisotopic (exact) mass is 257 g/mol. The Morgan fingerprint density at radius 1 is 1.26 bits per heavy atom. The van der Waals surface area contributed by atoms with Gasteiger partial charge in [-0.2, -0.15) is 0 Å². The normalized spacial score (nSPS) is 10.5. The summed E-state index contributed by atoms with van der Waals surface area (Å²) >= 11 is 0. The van der Waals surface area contributed by atoms with Crippen LogP contribution in [0.15, 0.2) is 36.7 Å². The van der Waals surface area contributed by atoms with Gasteiger partial charge in [-0.1, -0.05) is 32.0 Å². The van der Waals surface area contributed by atoms with E-state index in [1.807, 2.05) is 24.3 Å². The first-order valence-electron chi connectivity index (χ1n) is 5.99. The quantitative estimate of drug-likeness (QED) is 0.880. The lowest BCUT2D eigenvalue weighted by Crippen LogP contribution is -2.04. The highest BCUT2D eigenvalue weighted by molar-refractivity contribution is 5.86. The summed E-state index contributed by atoms with van der Waals surface area (Å²) in [6.45, 7) is 4.20. The summed E-state index contributed by atoms with van der Waals surface area (Å²) in [5.41, 5.74) is 2.05. The molecule has 1 aromatic carbocycles. The molecule has 0 saturated heterocycles. The van der Waals surface area contributed by atoms with Gasteiger partial charge in [-0.3, -0.25) is 0 Å². The Hall–Kier alpha value is -2.43. The fourth-order valence-electron chi connectivity index (χ4n) is 1.79. The van der Waals surface area contributed by atoms with Crippen LogP contribution in [0.1, 0.15) is 35.8 Å². The van der Waals surface area contributed by atoms with Crippen molar-refractivity contribution >= 4 is 17.5 Å². The summed E-state index contributed by atoms with van der Waals surface area (Å²) in [5, 5.41) is 12.0. The highest BCUT2D eigenvalue weighted by Crippen LogP contribution is 2.26. The number of para-hydroxylation sites is 1. The van der Waals surface area contributed by atoms with Crippen molar-refractivity contribution < 1.29 is 9.90 Å². The van der Waals surface area contributed by atoms with Crippen LogP contribution in [-0.4, -0.2) is 21.0 Å². The molecule has 0 aliphatic rings. The molecule has 0 spiro atoms. The Morgan fingerprint density at radius 2 is 2.00 bits per heavy atom. The maximum Gasteiger partial charge on any atom is 0.354 e. The molecule has 0 unspecified atom stereocenters. The first-order chi connectivity index (χ1) is 9.08. The van der Waals surface area contributed by atoms with Gasteiger partial charge in [0.25, 0.3) is 0 Å². The molecule has 5 nitrogen and oxygen atoms in total. The number of nitrogens with zero attached hydrogens (tertiary/aromatic N) is 2. The highest BCUT2D eigenvalue weighted by atomic mass is 16.4. The number of benzene rings is 1. The average Bonchev–Trinajstić information content (AvgIpc) is 2.39. The first-order valence-corrected chi connectivity index (χ1v) is 5.99. The van der Waals surface area contributed by atoms with Crippen LogP contribution in [0.3, 0.4) is 0 Å². The highest BCUT2D eigenvalue weighted by Gasteiger charge is 2.09. The van der Waals surface area contributed by atoms with Crippen molar-refractivity contribution in [3.05, 3.63) is 47.9 Å². The fourth-order valence-corrected chi connectivity index (χ4v) is 1.79. The maximum absolute atomic E-state index is 10.9. The van der Waals surface area contributed by atoms with Crippen LogP contribution < -0.4 is 5.32 Å². The lowest BCUT2D eigenvalue weighted by atomic mass is 10.0. The third-order valence-electron chi connectivity index (χ3n) is 2.73. The Labute approximate surface area is 111 Å². The minimum Gasteiger partial charge on any atom is -0.477 e. The third-order valence-corrected chi connectivity index (χ3v) is 2.73. The van der Waals surface area contributed by atoms with Crippen LogP contribution >= 0.6 is 0 Å². The number of aromatic nitrogens is 2. The Balaban J connectivity index is 2.31. The zero-order valence-corrected chi connectivity index (χ0v) is 10.8. The molecule has 0 atom stereocenters. The van der Waals surface area contributed by atoms with Gasteiger partial charge in [0, 0.05) is 11.8 Å². The smallest absolute Gasteiger partial charge is 0.354 e. The zero-order chi connectivity index (χ0) is 13.8. The number of nitrogens with one attached hydrogen (secondary N) is 1. The van der Waals surface area contributed by atoms with E-state index in [1.54, 1.807) is 0 Å². The number of hydrogen-bond donors (Lipinski definition) is 2. The van der Waals surface area contributed by atoms with E-state index in [4.69, 9.17) is 5.11 Å². The van der Waals surface area contributed by atoms with E-state index in [1.165, 1.54) is 12.4 Å². The second-order valence-corrected chi connectivity index (χ2v) is 4.46. The molecular weight excluding hydrogens is 242 g/mol. The van der Waals surface area contributed by atoms with Crippen molar-refractivity contribution in [3.8, 4) is 0 Å². The topological polar surface area (TPSA) is 75.1 Å². The fraction of sp³-hybridized carbons (Fsp3) is 0.214. The molecule has 0 aliphatic carbocycles. The summed E-state index contributed by atoms with van der Waals surface area (Å²) < 4.78 is 0. The predicted octanol–water partition coefficient (Wildman–Crippen LogP) is 3.04. The number of anilines is 2. The number of carboxylic acids is 1. The van der Waals surface area contributed by atoms with Gasteiger partial charge in [-0.15, -0.1) is 0 Å². The van der Waals surface area contributed by atoms with Crippen molar-refractivity contribution in [2.45, 2.75) is 19.8 Å². The van der Waals surface area contributed by atoms with Crippen LogP contribution in [0.5, 0.6) is 0 Å². The Morgan fingerprint density at radius 3 is 2.68 bits per heavy atom. The van der Waals surface area contributed by atoms with Crippen LogP contribution in [-0.2, 0) is 0 Å². The van der Waals surface area contributed by atoms with Gasteiger partial charge in [0.15, 0.2) is 5.69 Å². The van der Waals surface area contributed by atoms with E-state index in [-0.39, 0.29) is 5.69 Å². The molecular formula is C14H15N3O2. The molecule has 98 valence electrons. The van der Waals surface area contributed by atoms with Crippen molar-refractivity contribution in [1.82, 2.24) is 9.97 Å². The molecule has 0 bridgehead atoms. The summed E-state index contributed by atoms with van der Waals surface area (Å²) in [7, 11) is 0. The van der Waals surface area contributed by atoms with E-state index in [0.29, 0.717) is 11.7 Å².